The van der Waals surface area contributed by atoms with Crippen LogP contribution in [-0.2, 0) is 41.6 Å². The summed E-state index contributed by atoms with van der Waals surface area (Å²) in [6.45, 7) is 0.878. The summed E-state index contributed by atoms with van der Waals surface area (Å²) in [5, 5.41) is 21.2. The van der Waals surface area contributed by atoms with Crippen molar-refractivity contribution >= 4 is 70.7 Å². The van der Waals surface area contributed by atoms with Crippen LogP contribution < -0.4 is 11.5 Å². The number of rotatable bonds is 5. The van der Waals surface area contributed by atoms with Crippen LogP contribution in [0.4, 0.5) is 11.6 Å². The number of nitrogens with zero attached hydrogens (tertiary/aromatic N) is 8. The molecule has 4 fully saturated rings. The molecule has 7 N–H and O–H groups in total. The Kier molecular flexibility index (Phi) is 9.18. The van der Waals surface area contributed by atoms with E-state index in [0.29, 0.717) is 22.3 Å². The lowest BCUT2D eigenvalue weighted by Gasteiger charge is -2.30. The Bertz CT molecular complexity index is 1860. The Labute approximate surface area is 279 Å². The fourth-order valence-corrected chi connectivity index (χ4v) is 7.93. The highest BCUT2D eigenvalue weighted by Crippen LogP contribution is 2.63. The van der Waals surface area contributed by atoms with Gasteiger partial charge in [0.1, 0.15) is 61.3 Å². The van der Waals surface area contributed by atoms with E-state index >= 15 is 0 Å². The van der Waals surface area contributed by atoms with Crippen LogP contribution in [0.1, 0.15) is 19.4 Å². The largest absolute Gasteiger partial charge is 0.488 e. The van der Waals surface area contributed by atoms with Gasteiger partial charge in [0.2, 0.25) is 6.79 Å². The molecule has 256 valence electrons. The number of imidazole rings is 2. The van der Waals surface area contributed by atoms with Gasteiger partial charge in [-0.15, -0.1) is 0 Å². The minimum Gasteiger partial charge on any atom is -0.434 e. The monoisotopic (exact) mass is 720 g/mol. The minimum absolute atomic E-state index is 0.0305. The summed E-state index contributed by atoms with van der Waals surface area (Å²) < 4.78 is 45.9. The van der Waals surface area contributed by atoms with Gasteiger partial charge in [0.25, 0.3) is 0 Å². The fourth-order valence-electron chi connectivity index (χ4n) is 5.55. The highest BCUT2D eigenvalue weighted by molar-refractivity contribution is 7.86. The summed E-state index contributed by atoms with van der Waals surface area (Å²) in [6, 6.07) is 0. The zero-order valence-corrected chi connectivity index (χ0v) is 27.1. The van der Waals surface area contributed by atoms with E-state index < -0.39 is 77.5 Å². The van der Waals surface area contributed by atoms with Crippen molar-refractivity contribution in [3.63, 3.8) is 0 Å². The number of esters is 1. The van der Waals surface area contributed by atoms with E-state index in [4.69, 9.17) is 58.7 Å². The third-order valence-corrected chi connectivity index (χ3v) is 10.4. The molecular formula is C23H28B2N10O12P2+2. The van der Waals surface area contributed by atoms with Crippen LogP contribution in [0, 0.1) is 0 Å². The average molecular weight is 720 g/mol. The summed E-state index contributed by atoms with van der Waals surface area (Å²) in [7, 11) is 4.75. The smallest absolute Gasteiger partial charge is 0.434 e. The van der Waals surface area contributed by atoms with Crippen molar-refractivity contribution in [3.8, 4) is 0 Å². The van der Waals surface area contributed by atoms with Crippen LogP contribution in [0.2, 0.25) is 0 Å². The number of aromatic nitrogens is 8. The van der Waals surface area contributed by atoms with Gasteiger partial charge in [0.15, 0.2) is 47.6 Å². The number of nitrogen functional groups attached to an aromatic ring is 2. The number of nitrogens with two attached hydrogens (primary N) is 2. The van der Waals surface area contributed by atoms with Crippen molar-refractivity contribution in [1.82, 2.24) is 39.0 Å². The Balaban J connectivity index is 0.000000157. The summed E-state index contributed by atoms with van der Waals surface area (Å²) in [5.41, 5.74) is 13.2. The van der Waals surface area contributed by atoms with E-state index in [9.17, 15) is 19.9 Å². The van der Waals surface area contributed by atoms with E-state index in [-0.39, 0.29) is 24.8 Å². The molecule has 4 unspecified atom stereocenters. The molecule has 22 nitrogen and oxygen atoms in total. The standard InChI is InChI=1S/C13H16BN5O7P.C10H12BN5O5P/c1-6(20)22-5-24-27(14)23-2-7-10(26-27)9(21)13(25-7)19-4-18-8-11(15)16-3-17-12(8)19;11-22(18)19-1-4-7(21-22)6(17)10(20-4)16-3-15-5-8(12)13-2-14-9(5)16/h3-4,7,9-10,13,21H,2,5H2,1H3,(H2,15,16,17);2-4,6-7,10,17-18H,1H2,(H2,12,13,14)/q2*+1/t7-,9?,10-,13-,27?;4-,6?,7-,10-,22?/m11/s1. The molecule has 4 saturated heterocycles. The highest BCUT2D eigenvalue weighted by atomic mass is 31.2. The molecule has 0 spiro atoms. The number of anilines is 2. The van der Waals surface area contributed by atoms with Crippen LogP contribution in [-0.4, -0.2) is 132 Å². The average Bonchev–Trinajstić information content (AvgIpc) is 3.82. The maximum Gasteiger partial charge on any atom is 0.488 e. The molecule has 4 aliphatic rings. The Morgan fingerprint density at radius 2 is 1.39 bits per heavy atom. The SMILES string of the molecule is [B][P+]1(O)OC[C@H]2O[C@@H](n3cnc4c(N)ncnc43)C(O)[C@@H]2O1.[B][P+]1(OCOC(C)=O)OC[C@H]2O[C@@H](n3cnc4c(N)ncnc43)C(O)[C@@H]2O1. The van der Waals surface area contributed by atoms with Crippen molar-refractivity contribution < 1.29 is 56.7 Å². The number of hydrogen-bond acceptors (Lipinski definition) is 20. The predicted octanol–water partition coefficient (Wildman–Crippen LogP) is -1.61. The van der Waals surface area contributed by atoms with Crippen molar-refractivity contribution in [2.75, 3.05) is 31.5 Å². The van der Waals surface area contributed by atoms with Crippen LogP contribution in [0.15, 0.2) is 25.3 Å². The molecular weight excluding hydrogens is 692 g/mol. The van der Waals surface area contributed by atoms with Crippen molar-refractivity contribution in [3.05, 3.63) is 25.3 Å². The molecule has 8 rings (SSSR count). The zero-order valence-electron chi connectivity index (χ0n) is 25.3. The lowest BCUT2D eigenvalue weighted by molar-refractivity contribution is -0.149. The summed E-state index contributed by atoms with van der Waals surface area (Å²) >= 11 is 0. The first kappa shape index (κ1) is 34.2. The molecule has 0 amide bonds. The van der Waals surface area contributed by atoms with Gasteiger partial charge in [0, 0.05) is 6.92 Å². The van der Waals surface area contributed by atoms with E-state index in [2.05, 4.69) is 34.6 Å². The molecule has 8 heterocycles. The summed E-state index contributed by atoms with van der Waals surface area (Å²) in [6.07, 6.45) is -1.08. The number of ether oxygens (including phenoxy) is 3. The molecule has 4 aliphatic heterocycles. The number of hydrogen-bond donors (Lipinski definition) is 5. The molecule has 4 aromatic heterocycles. The number of aliphatic hydroxyl groups is 2. The first-order chi connectivity index (χ1) is 23.3. The number of aliphatic hydroxyl groups excluding tert-OH is 2. The maximum absolute atomic E-state index is 10.8. The van der Waals surface area contributed by atoms with Gasteiger partial charge in [-0.1, -0.05) is 0 Å². The van der Waals surface area contributed by atoms with E-state index in [1.807, 2.05) is 0 Å². The fraction of sp³-hybridized carbons (Fsp3) is 0.522. The molecule has 26 heteroatoms. The second-order valence-corrected chi connectivity index (χ2v) is 14.4. The van der Waals surface area contributed by atoms with Crippen LogP contribution >= 0.6 is 15.6 Å². The van der Waals surface area contributed by atoms with Gasteiger partial charge in [-0.3, -0.25) is 13.9 Å². The third kappa shape index (κ3) is 6.55. The number of carbonyl (C=O) groups is 1. The van der Waals surface area contributed by atoms with Gasteiger partial charge in [-0.05, 0) is 0 Å². The first-order valence-electron chi connectivity index (χ1n) is 14.4. The first-order valence-corrected chi connectivity index (χ1v) is 17.6. The van der Waals surface area contributed by atoms with Gasteiger partial charge in [-0.2, -0.15) is 22.6 Å². The molecule has 4 radical (unpaired) electrons. The number of fused-ring (bicyclic) bond motifs is 4. The molecule has 49 heavy (non-hydrogen) atoms. The van der Waals surface area contributed by atoms with Crippen LogP contribution in [0.3, 0.4) is 0 Å². The summed E-state index contributed by atoms with van der Waals surface area (Å²) in [5.74, 6) is -0.0847. The minimum atomic E-state index is -3.41. The van der Waals surface area contributed by atoms with Gasteiger partial charge < -0.3 is 35.9 Å². The molecule has 10 atom stereocenters. The second kappa shape index (κ2) is 13.1. The van der Waals surface area contributed by atoms with E-state index in [1.165, 1.54) is 41.4 Å². The maximum atomic E-state index is 10.8. The van der Waals surface area contributed by atoms with Gasteiger partial charge in [-0.25, -0.2) is 34.8 Å². The Morgan fingerprint density at radius 1 is 0.878 bits per heavy atom. The Hall–Kier alpha value is -3.24. The van der Waals surface area contributed by atoms with Crippen LogP contribution in [0.25, 0.3) is 22.3 Å². The molecule has 4 aromatic rings. The molecule has 0 aliphatic carbocycles. The van der Waals surface area contributed by atoms with Gasteiger partial charge >= 0.3 is 36.7 Å². The molecule has 0 bridgehead atoms. The lowest BCUT2D eigenvalue weighted by atomic mass is 10.1. The number of carbonyl (C=O) groups excluding carboxylic acids is 1. The second-order valence-electron chi connectivity index (χ2n) is 11.0. The predicted molar refractivity (Wildman–Crippen MR) is 166 cm³/mol. The van der Waals surface area contributed by atoms with Crippen molar-refractivity contribution in [2.24, 2.45) is 0 Å². The van der Waals surface area contributed by atoms with E-state index in [0.717, 1.165) is 0 Å². The Morgan fingerprint density at radius 3 is 1.92 bits per heavy atom. The molecule has 0 saturated carbocycles. The van der Waals surface area contributed by atoms with Crippen molar-refractivity contribution in [1.29, 1.82) is 0 Å². The van der Waals surface area contributed by atoms with Crippen LogP contribution in [0.5, 0.6) is 0 Å². The zero-order chi connectivity index (χ0) is 34.7. The summed E-state index contributed by atoms with van der Waals surface area (Å²) in [4.78, 5) is 44.8. The van der Waals surface area contributed by atoms with Gasteiger partial charge in [0.05, 0.1) is 12.7 Å². The quantitative estimate of drug-likeness (QED) is 0.0670. The highest BCUT2D eigenvalue weighted by Gasteiger charge is 2.59. The normalized spacial score (nSPS) is 35.4. The topological polar surface area (TPSA) is 291 Å². The molecule has 0 aromatic carbocycles. The lowest BCUT2D eigenvalue weighted by Crippen LogP contribution is -2.41. The van der Waals surface area contributed by atoms with Crippen molar-refractivity contribution in [2.45, 2.75) is 56.0 Å². The van der Waals surface area contributed by atoms with E-state index in [1.54, 1.807) is 0 Å². The third-order valence-electron chi connectivity index (χ3n) is 7.82.